The number of halogens is 1. The van der Waals surface area contributed by atoms with E-state index < -0.39 is 0 Å². The first kappa shape index (κ1) is 19.9. The van der Waals surface area contributed by atoms with E-state index in [1.54, 1.807) is 12.1 Å². The lowest BCUT2D eigenvalue weighted by Gasteiger charge is -2.32. The smallest absolute Gasteiger partial charge is 0.227 e. The second kappa shape index (κ2) is 8.63. The van der Waals surface area contributed by atoms with Gasteiger partial charge in [-0.2, -0.15) is 5.10 Å². The Morgan fingerprint density at radius 1 is 1.13 bits per heavy atom. The SMILES string of the molecule is O=C(Cc1ccc(F)cc1)N1CCCC(c2[nH]nc3nc(N4CCOCC4)ccc23)C1. The number of ether oxygens (including phenoxy) is 1. The monoisotopic (exact) mass is 423 g/mol. The molecule has 0 aliphatic carbocycles. The molecule has 7 nitrogen and oxygen atoms in total. The van der Waals surface area contributed by atoms with Gasteiger partial charge in [-0.1, -0.05) is 12.1 Å². The van der Waals surface area contributed by atoms with Crippen LogP contribution in [0.25, 0.3) is 11.0 Å². The fraction of sp³-hybridized carbons (Fsp3) is 0.435. The van der Waals surface area contributed by atoms with Crippen molar-refractivity contribution >= 4 is 22.8 Å². The van der Waals surface area contributed by atoms with E-state index in [9.17, 15) is 9.18 Å². The standard InChI is InChI=1S/C23H26FN5O2/c24-18-5-3-16(4-6-18)14-21(30)29-9-1-2-17(15-29)22-19-7-8-20(25-23(19)27-26-22)28-10-12-31-13-11-28/h3-8,17H,1-2,9-15H2,(H,25,26,27). The van der Waals surface area contributed by atoms with E-state index in [1.807, 2.05) is 11.0 Å². The first-order chi connectivity index (χ1) is 15.2. The molecule has 2 aliphatic heterocycles. The van der Waals surface area contributed by atoms with E-state index in [2.05, 4.69) is 21.2 Å². The molecule has 1 unspecified atom stereocenters. The Labute approximate surface area is 180 Å². The highest BCUT2D eigenvalue weighted by atomic mass is 19.1. The summed E-state index contributed by atoms with van der Waals surface area (Å²) in [6, 6.07) is 10.3. The molecule has 3 aromatic rings. The summed E-state index contributed by atoms with van der Waals surface area (Å²) < 4.78 is 18.6. The molecule has 1 N–H and O–H groups in total. The van der Waals surface area contributed by atoms with Crippen LogP contribution in [0.4, 0.5) is 10.2 Å². The lowest BCUT2D eigenvalue weighted by molar-refractivity contribution is -0.131. The van der Waals surface area contributed by atoms with E-state index >= 15 is 0 Å². The third-order valence-corrected chi connectivity index (χ3v) is 6.22. The van der Waals surface area contributed by atoms with Gasteiger partial charge in [-0.25, -0.2) is 9.37 Å². The molecule has 1 amide bonds. The van der Waals surface area contributed by atoms with Crippen molar-refractivity contribution in [3.8, 4) is 0 Å². The summed E-state index contributed by atoms with van der Waals surface area (Å²) in [4.78, 5) is 21.7. The lowest BCUT2D eigenvalue weighted by Crippen LogP contribution is -2.40. The van der Waals surface area contributed by atoms with Gasteiger partial charge in [-0.3, -0.25) is 9.89 Å². The molecule has 31 heavy (non-hydrogen) atoms. The van der Waals surface area contributed by atoms with Crippen molar-refractivity contribution in [3.63, 3.8) is 0 Å². The van der Waals surface area contributed by atoms with E-state index in [-0.39, 0.29) is 17.6 Å². The van der Waals surface area contributed by atoms with Crippen molar-refractivity contribution < 1.29 is 13.9 Å². The number of piperidine rings is 1. The van der Waals surface area contributed by atoms with Gasteiger partial charge in [0.15, 0.2) is 5.65 Å². The molecule has 8 heteroatoms. The number of nitrogens with one attached hydrogen (secondary N) is 1. The highest BCUT2D eigenvalue weighted by molar-refractivity contribution is 5.81. The van der Waals surface area contributed by atoms with E-state index in [1.165, 1.54) is 12.1 Å². The minimum atomic E-state index is -0.286. The fourth-order valence-electron chi connectivity index (χ4n) is 4.52. The van der Waals surface area contributed by atoms with Gasteiger partial charge < -0.3 is 14.5 Å². The number of nitrogens with zero attached hydrogens (tertiary/aromatic N) is 4. The Hall–Kier alpha value is -3.00. The maximum absolute atomic E-state index is 13.1. The Kier molecular flexibility index (Phi) is 5.55. The summed E-state index contributed by atoms with van der Waals surface area (Å²) in [6.07, 6.45) is 2.24. The number of pyridine rings is 1. The minimum absolute atomic E-state index is 0.0767. The number of H-pyrrole nitrogens is 1. The van der Waals surface area contributed by atoms with Crippen LogP contribution in [0.15, 0.2) is 36.4 Å². The number of fused-ring (bicyclic) bond motifs is 1. The molecule has 1 atom stereocenters. The van der Waals surface area contributed by atoms with Crippen LogP contribution in [-0.2, 0) is 16.0 Å². The van der Waals surface area contributed by atoms with E-state index in [0.717, 1.165) is 68.2 Å². The van der Waals surface area contributed by atoms with Crippen molar-refractivity contribution in [1.29, 1.82) is 0 Å². The predicted molar refractivity (Wildman–Crippen MR) is 116 cm³/mol. The van der Waals surface area contributed by atoms with Crippen LogP contribution in [0.1, 0.15) is 30.0 Å². The molecule has 0 saturated carbocycles. The topological polar surface area (TPSA) is 74.4 Å². The van der Waals surface area contributed by atoms with E-state index in [0.29, 0.717) is 18.6 Å². The molecule has 2 saturated heterocycles. The molecule has 0 radical (unpaired) electrons. The molecule has 1 aromatic carbocycles. The number of carbonyl (C=O) groups excluding carboxylic acids is 1. The second-order valence-corrected chi connectivity index (χ2v) is 8.26. The maximum atomic E-state index is 13.1. The number of likely N-dealkylation sites (tertiary alicyclic amines) is 1. The van der Waals surface area contributed by atoms with Gasteiger partial charge in [0.05, 0.1) is 19.6 Å². The van der Waals surface area contributed by atoms with Gasteiger partial charge in [-0.15, -0.1) is 0 Å². The van der Waals surface area contributed by atoms with Crippen LogP contribution in [0.3, 0.4) is 0 Å². The van der Waals surface area contributed by atoms with Gasteiger partial charge in [-0.05, 0) is 42.7 Å². The molecule has 2 fully saturated rings. The molecule has 5 rings (SSSR count). The summed E-state index contributed by atoms with van der Waals surface area (Å²) in [6.45, 7) is 4.52. The normalized spacial score (nSPS) is 19.7. The lowest BCUT2D eigenvalue weighted by atomic mass is 9.93. The Morgan fingerprint density at radius 3 is 2.74 bits per heavy atom. The Morgan fingerprint density at radius 2 is 1.94 bits per heavy atom. The predicted octanol–water partition coefficient (Wildman–Crippen LogP) is 2.88. The van der Waals surface area contributed by atoms with Crippen LogP contribution in [0.2, 0.25) is 0 Å². The zero-order valence-electron chi connectivity index (χ0n) is 17.4. The van der Waals surface area contributed by atoms with E-state index in [4.69, 9.17) is 9.72 Å². The molecule has 0 bridgehead atoms. The third kappa shape index (κ3) is 4.25. The number of aromatic amines is 1. The Balaban J connectivity index is 1.30. The first-order valence-corrected chi connectivity index (χ1v) is 10.9. The molecular formula is C23H26FN5O2. The summed E-state index contributed by atoms with van der Waals surface area (Å²) in [5, 5.41) is 8.68. The number of aromatic nitrogens is 3. The van der Waals surface area contributed by atoms with Crippen LogP contribution >= 0.6 is 0 Å². The summed E-state index contributed by atoms with van der Waals surface area (Å²) in [7, 11) is 0. The number of morpholine rings is 1. The molecule has 0 spiro atoms. The number of carbonyl (C=O) groups is 1. The highest BCUT2D eigenvalue weighted by Gasteiger charge is 2.27. The van der Waals surface area contributed by atoms with Crippen LogP contribution in [-0.4, -0.2) is 65.4 Å². The average molecular weight is 423 g/mol. The Bertz CT molecular complexity index is 1060. The van der Waals surface area contributed by atoms with Crippen molar-refractivity contribution in [2.45, 2.75) is 25.2 Å². The molecule has 4 heterocycles. The summed E-state index contributed by atoms with van der Waals surface area (Å²) in [5.74, 6) is 0.916. The van der Waals surface area contributed by atoms with Crippen LogP contribution < -0.4 is 4.90 Å². The molecule has 162 valence electrons. The van der Waals surface area contributed by atoms with Crippen molar-refractivity contribution in [2.75, 3.05) is 44.3 Å². The molecule has 2 aromatic heterocycles. The number of amides is 1. The van der Waals surface area contributed by atoms with Crippen LogP contribution in [0, 0.1) is 5.82 Å². The third-order valence-electron chi connectivity index (χ3n) is 6.22. The van der Waals surface area contributed by atoms with Crippen molar-refractivity contribution in [1.82, 2.24) is 20.1 Å². The largest absolute Gasteiger partial charge is 0.378 e. The van der Waals surface area contributed by atoms with Gasteiger partial charge in [0.2, 0.25) is 5.91 Å². The maximum Gasteiger partial charge on any atom is 0.227 e. The zero-order chi connectivity index (χ0) is 21.2. The fourth-order valence-corrected chi connectivity index (χ4v) is 4.52. The quantitative estimate of drug-likeness (QED) is 0.699. The number of hydrogen-bond acceptors (Lipinski definition) is 5. The highest BCUT2D eigenvalue weighted by Crippen LogP contribution is 2.31. The zero-order valence-corrected chi connectivity index (χ0v) is 17.4. The van der Waals surface area contributed by atoms with Crippen molar-refractivity contribution in [2.24, 2.45) is 0 Å². The van der Waals surface area contributed by atoms with Gasteiger partial charge in [0.1, 0.15) is 11.6 Å². The van der Waals surface area contributed by atoms with Gasteiger partial charge in [0.25, 0.3) is 0 Å². The second-order valence-electron chi connectivity index (χ2n) is 8.26. The number of anilines is 1. The number of rotatable bonds is 4. The first-order valence-electron chi connectivity index (χ1n) is 10.9. The van der Waals surface area contributed by atoms with Crippen molar-refractivity contribution in [3.05, 3.63) is 53.5 Å². The molecular weight excluding hydrogens is 397 g/mol. The van der Waals surface area contributed by atoms with Gasteiger partial charge >= 0.3 is 0 Å². The number of hydrogen-bond donors (Lipinski definition) is 1. The van der Waals surface area contributed by atoms with Gasteiger partial charge in [0, 0.05) is 43.2 Å². The van der Waals surface area contributed by atoms with Crippen LogP contribution in [0.5, 0.6) is 0 Å². The number of benzene rings is 1. The average Bonchev–Trinajstić information content (AvgIpc) is 3.24. The minimum Gasteiger partial charge on any atom is -0.378 e. The summed E-state index contributed by atoms with van der Waals surface area (Å²) >= 11 is 0. The molecule has 2 aliphatic rings. The summed E-state index contributed by atoms with van der Waals surface area (Å²) in [5.41, 5.74) is 2.60.